The smallest absolute Gasteiger partial charge is 0.0629 e. The van der Waals surface area contributed by atoms with E-state index in [1.54, 1.807) is 0 Å². The van der Waals surface area contributed by atoms with Gasteiger partial charge in [0.05, 0.1) is 5.69 Å². The summed E-state index contributed by atoms with van der Waals surface area (Å²) < 4.78 is 2.13. The highest BCUT2D eigenvalue weighted by Crippen LogP contribution is 2.19. The van der Waals surface area contributed by atoms with E-state index in [0.717, 1.165) is 18.5 Å². The molecule has 1 unspecified atom stereocenters. The molecule has 1 heterocycles. The number of aryl methyl sites for hydroxylation is 1. The molecule has 3 heteroatoms. The molecule has 0 saturated carbocycles. The zero-order chi connectivity index (χ0) is 10.7. The first-order valence-electron chi connectivity index (χ1n) is 5.36. The number of hydrogen-bond acceptors (Lipinski definition) is 2. The molecule has 0 fully saturated rings. The predicted octanol–water partition coefficient (Wildman–Crippen LogP) is 1.97. The van der Waals surface area contributed by atoms with E-state index in [0.29, 0.717) is 12.6 Å². The highest BCUT2D eigenvalue weighted by Gasteiger charge is 2.13. The van der Waals surface area contributed by atoms with Crippen molar-refractivity contribution >= 4 is 0 Å². The molecule has 3 nitrogen and oxygen atoms in total. The Labute approximate surface area is 86.3 Å². The molecule has 0 spiro atoms. The van der Waals surface area contributed by atoms with E-state index in [1.165, 1.54) is 11.3 Å². The van der Waals surface area contributed by atoms with Crippen LogP contribution in [0, 0.1) is 13.8 Å². The standard InChI is InChI=1S/C11H21N3/c1-5-8(2)14-10(4)11(6-7-12)9(3)13-14/h8H,5-7,12H2,1-4H3. The van der Waals surface area contributed by atoms with E-state index in [2.05, 4.69) is 37.5 Å². The lowest BCUT2D eigenvalue weighted by Crippen LogP contribution is -2.09. The molecule has 0 radical (unpaired) electrons. The highest BCUT2D eigenvalue weighted by molar-refractivity contribution is 5.25. The van der Waals surface area contributed by atoms with Crippen molar-refractivity contribution in [1.82, 2.24) is 9.78 Å². The van der Waals surface area contributed by atoms with E-state index < -0.39 is 0 Å². The summed E-state index contributed by atoms with van der Waals surface area (Å²) in [7, 11) is 0. The molecule has 1 atom stereocenters. The van der Waals surface area contributed by atoms with E-state index in [4.69, 9.17) is 5.73 Å². The second-order valence-electron chi connectivity index (χ2n) is 3.89. The summed E-state index contributed by atoms with van der Waals surface area (Å²) in [4.78, 5) is 0. The van der Waals surface area contributed by atoms with Crippen molar-refractivity contribution in [2.24, 2.45) is 5.73 Å². The quantitative estimate of drug-likeness (QED) is 0.798. The van der Waals surface area contributed by atoms with Crippen LogP contribution >= 0.6 is 0 Å². The van der Waals surface area contributed by atoms with Crippen LogP contribution in [-0.2, 0) is 6.42 Å². The van der Waals surface area contributed by atoms with E-state index in [-0.39, 0.29) is 0 Å². The minimum absolute atomic E-state index is 0.486. The first kappa shape index (κ1) is 11.2. The van der Waals surface area contributed by atoms with Crippen LogP contribution in [0.5, 0.6) is 0 Å². The molecule has 1 rings (SSSR count). The molecule has 0 aliphatic heterocycles. The largest absolute Gasteiger partial charge is 0.330 e. The zero-order valence-corrected chi connectivity index (χ0v) is 9.67. The molecule has 0 aromatic carbocycles. The van der Waals surface area contributed by atoms with E-state index in [1.807, 2.05) is 0 Å². The van der Waals surface area contributed by atoms with Crippen molar-refractivity contribution in [2.45, 2.75) is 46.6 Å². The Bertz CT molecular complexity index is 302. The average molecular weight is 195 g/mol. The second-order valence-corrected chi connectivity index (χ2v) is 3.89. The molecule has 0 bridgehead atoms. The lowest BCUT2D eigenvalue weighted by molar-refractivity contribution is 0.465. The summed E-state index contributed by atoms with van der Waals surface area (Å²) >= 11 is 0. The Hall–Kier alpha value is -0.830. The molecule has 1 aromatic heterocycles. The van der Waals surface area contributed by atoms with Gasteiger partial charge in [-0.25, -0.2) is 0 Å². The fraction of sp³-hybridized carbons (Fsp3) is 0.727. The third kappa shape index (κ3) is 1.98. The van der Waals surface area contributed by atoms with Gasteiger partial charge in [0.1, 0.15) is 0 Å². The lowest BCUT2D eigenvalue weighted by Gasteiger charge is -2.11. The van der Waals surface area contributed by atoms with Crippen LogP contribution in [0.4, 0.5) is 0 Å². The Balaban J connectivity index is 3.03. The van der Waals surface area contributed by atoms with Gasteiger partial charge >= 0.3 is 0 Å². The van der Waals surface area contributed by atoms with Gasteiger partial charge < -0.3 is 5.73 Å². The SMILES string of the molecule is CCC(C)n1nc(C)c(CCN)c1C. The lowest BCUT2D eigenvalue weighted by atomic mass is 10.1. The van der Waals surface area contributed by atoms with Gasteiger partial charge in [-0.15, -0.1) is 0 Å². The molecular formula is C11H21N3. The van der Waals surface area contributed by atoms with Crippen LogP contribution in [-0.4, -0.2) is 16.3 Å². The van der Waals surface area contributed by atoms with Gasteiger partial charge in [-0.2, -0.15) is 5.10 Å². The molecule has 0 aliphatic rings. The average Bonchev–Trinajstić information content (AvgIpc) is 2.45. The molecule has 1 aromatic rings. The maximum atomic E-state index is 5.58. The van der Waals surface area contributed by atoms with Crippen molar-refractivity contribution in [2.75, 3.05) is 6.54 Å². The maximum Gasteiger partial charge on any atom is 0.0629 e. The van der Waals surface area contributed by atoms with Crippen LogP contribution in [0.3, 0.4) is 0 Å². The van der Waals surface area contributed by atoms with Gasteiger partial charge in [0.25, 0.3) is 0 Å². The van der Waals surface area contributed by atoms with Crippen molar-refractivity contribution in [1.29, 1.82) is 0 Å². The van der Waals surface area contributed by atoms with Gasteiger partial charge in [0.15, 0.2) is 0 Å². The number of nitrogens with two attached hydrogens (primary N) is 1. The fourth-order valence-corrected chi connectivity index (χ4v) is 1.81. The van der Waals surface area contributed by atoms with Gasteiger partial charge in [0, 0.05) is 11.7 Å². The summed E-state index contributed by atoms with van der Waals surface area (Å²) in [6.45, 7) is 9.29. The molecule has 0 aliphatic carbocycles. The van der Waals surface area contributed by atoms with Crippen molar-refractivity contribution < 1.29 is 0 Å². The number of rotatable bonds is 4. The monoisotopic (exact) mass is 195 g/mol. The summed E-state index contributed by atoms with van der Waals surface area (Å²) in [6.07, 6.45) is 2.05. The molecule has 0 amide bonds. The molecular weight excluding hydrogens is 174 g/mol. The van der Waals surface area contributed by atoms with E-state index in [9.17, 15) is 0 Å². The van der Waals surface area contributed by atoms with Crippen LogP contribution in [0.1, 0.15) is 43.3 Å². The molecule has 80 valence electrons. The summed E-state index contributed by atoms with van der Waals surface area (Å²) in [6, 6.07) is 0.486. The van der Waals surface area contributed by atoms with E-state index >= 15 is 0 Å². The van der Waals surface area contributed by atoms with Crippen molar-refractivity contribution in [3.05, 3.63) is 17.0 Å². The highest BCUT2D eigenvalue weighted by atomic mass is 15.3. The Morgan fingerprint density at radius 2 is 2.07 bits per heavy atom. The Kier molecular flexibility index (Phi) is 3.69. The number of aromatic nitrogens is 2. The summed E-state index contributed by atoms with van der Waals surface area (Å²) in [5.41, 5.74) is 9.32. The molecule has 0 saturated heterocycles. The fourth-order valence-electron chi connectivity index (χ4n) is 1.81. The predicted molar refractivity (Wildman–Crippen MR) is 59.5 cm³/mol. The summed E-state index contributed by atoms with van der Waals surface area (Å²) in [5, 5.41) is 4.56. The first-order valence-corrected chi connectivity index (χ1v) is 5.36. The summed E-state index contributed by atoms with van der Waals surface area (Å²) in [5.74, 6) is 0. The third-order valence-electron chi connectivity index (χ3n) is 2.88. The third-order valence-corrected chi connectivity index (χ3v) is 2.88. The van der Waals surface area contributed by atoms with Gasteiger partial charge in [-0.3, -0.25) is 4.68 Å². The number of nitrogens with zero attached hydrogens (tertiary/aromatic N) is 2. The first-order chi connectivity index (χ1) is 6.61. The topological polar surface area (TPSA) is 43.8 Å². The Morgan fingerprint density at radius 1 is 1.43 bits per heavy atom. The maximum absolute atomic E-state index is 5.58. The van der Waals surface area contributed by atoms with Gasteiger partial charge in [0.2, 0.25) is 0 Å². The van der Waals surface area contributed by atoms with Crippen molar-refractivity contribution in [3.8, 4) is 0 Å². The van der Waals surface area contributed by atoms with Crippen molar-refractivity contribution in [3.63, 3.8) is 0 Å². The second kappa shape index (κ2) is 4.60. The Morgan fingerprint density at radius 3 is 2.57 bits per heavy atom. The van der Waals surface area contributed by atoms with Gasteiger partial charge in [-0.05, 0) is 45.7 Å². The normalized spacial score (nSPS) is 13.2. The van der Waals surface area contributed by atoms with Crippen LogP contribution in [0.2, 0.25) is 0 Å². The molecule has 14 heavy (non-hydrogen) atoms. The minimum atomic E-state index is 0.486. The minimum Gasteiger partial charge on any atom is -0.330 e. The van der Waals surface area contributed by atoms with Crippen LogP contribution in [0.25, 0.3) is 0 Å². The van der Waals surface area contributed by atoms with Gasteiger partial charge in [-0.1, -0.05) is 6.92 Å². The van der Waals surface area contributed by atoms with Crippen LogP contribution < -0.4 is 5.73 Å². The molecule has 2 N–H and O–H groups in total. The zero-order valence-electron chi connectivity index (χ0n) is 9.67. The number of hydrogen-bond donors (Lipinski definition) is 1. The van der Waals surface area contributed by atoms with Crippen LogP contribution in [0.15, 0.2) is 0 Å².